The van der Waals surface area contributed by atoms with E-state index in [1.807, 2.05) is 72.1 Å². The van der Waals surface area contributed by atoms with Crippen LogP contribution >= 0.6 is 0 Å². The fourth-order valence-electron chi connectivity index (χ4n) is 3.40. The third kappa shape index (κ3) is 8.75. The zero-order valence-corrected chi connectivity index (χ0v) is 19.8. The molecule has 32 heavy (non-hydrogen) atoms. The van der Waals surface area contributed by atoms with Crippen LogP contribution in [0.5, 0.6) is 0 Å². The van der Waals surface area contributed by atoms with Gasteiger partial charge in [-0.15, -0.1) is 0 Å². The molecule has 1 N–H and O–H groups in total. The highest BCUT2D eigenvalue weighted by atomic mass is 16.5. The number of nitrogens with zero attached hydrogens (tertiary/aromatic N) is 3. The Labute approximate surface area is 192 Å². The Kier molecular flexibility index (Phi) is 11.4. The Morgan fingerprint density at radius 2 is 1.75 bits per heavy atom. The van der Waals surface area contributed by atoms with E-state index >= 15 is 0 Å². The molecule has 2 rings (SSSR count). The highest BCUT2D eigenvalue weighted by Gasteiger charge is 2.21. The molecule has 0 unspecified atom stereocenters. The number of carbonyl (C=O) groups excluding carboxylic acids is 2. The Morgan fingerprint density at radius 1 is 1.00 bits per heavy atom. The molecule has 0 saturated carbocycles. The number of carbonyl (C=O) groups is 2. The van der Waals surface area contributed by atoms with Crippen LogP contribution in [0.15, 0.2) is 48.7 Å². The molecule has 1 heterocycles. The van der Waals surface area contributed by atoms with E-state index in [9.17, 15) is 9.59 Å². The molecule has 0 saturated heterocycles. The molecule has 0 aliphatic carbocycles. The summed E-state index contributed by atoms with van der Waals surface area (Å²) < 4.78 is 7.45. The van der Waals surface area contributed by atoms with Crippen LogP contribution in [0.1, 0.15) is 44.4 Å². The number of benzene rings is 1. The Bertz CT molecular complexity index is 807. The molecule has 3 amide bonds. The van der Waals surface area contributed by atoms with Gasteiger partial charge in [0.15, 0.2) is 0 Å². The molecular weight excluding hydrogens is 404 g/mol. The summed E-state index contributed by atoms with van der Waals surface area (Å²) in [5.41, 5.74) is 2.10. The van der Waals surface area contributed by atoms with Crippen LogP contribution in [0, 0.1) is 0 Å². The first-order valence-electron chi connectivity index (χ1n) is 11.6. The molecule has 1 aromatic heterocycles. The molecule has 0 spiro atoms. The molecule has 0 aliphatic rings. The van der Waals surface area contributed by atoms with E-state index in [-0.39, 0.29) is 18.5 Å². The number of ether oxygens (including phenoxy) is 1. The van der Waals surface area contributed by atoms with Gasteiger partial charge in [0.05, 0.1) is 6.54 Å². The largest absolute Gasteiger partial charge is 0.382 e. The average Bonchev–Trinajstić information content (AvgIpc) is 3.21. The Hall–Kier alpha value is -2.80. The van der Waals surface area contributed by atoms with Gasteiger partial charge in [0, 0.05) is 51.8 Å². The van der Waals surface area contributed by atoms with Gasteiger partial charge in [-0.25, -0.2) is 4.79 Å². The van der Waals surface area contributed by atoms with Crippen molar-refractivity contribution < 1.29 is 14.3 Å². The van der Waals surface area contributed by atoms with E-state index in [1.54, 1.807) is 4.90 Å². The van der Waals surface area contributed by atoms with Gasteiger partial charge >= 0.3 is 6.03 Å². The smallest absolute Gasteiger partial charge is 0.318 e. The summed E-state index contributed by atoms with van der Waals surface area (Å²) in [6.45, 7) is 7.44. The van der Waals surface area contributed by atoms with Crippen LogP contribution in [-0.2, 0) is 29.7 Å². The molecule has 7 nitrogen and oxygen atoms in total. The summed E-state index contributed by atoms with van der Waals surface area (Å²) in [5.74, 6) is -0.0362. The number of rotatable bonds is 14. The second-order valence-electron chi connectivity index (χ2n) is 7.90. The van der Waals surface area contributed by atoms with Crippen molar-refractivity contribution in [1.82, 2.24) is 19.7 Å². The van der Waals surface area contributed by atoms with Crippen molar-refractivity contribution >= 4 is 11.9 Å². The van der Waals surface area contributed by atoms with Gasteiger partial charge in [0.2, 0.25) is 5.91 Å². The Morgan fingerprint density at radius 3 is 2.41 bits per heavy atom. The number of aromatic nitrogens is 1. The quantitative estimate of drug-likeness (QED) is 0.453. The number of hydrogen-bond acceptors (Lipinski definition) is 3. The van der Waals surface area contributed by atoms with Crippen molar-refractivity contribution in [2.24, 2.45) is 7.05 Å². The maximum Gasteiger partial charge on any atom is 0.318 e. The second-order valence-corrected chi connectivity index (χ2v) is 7.90. The summed E-state index contributed by atoms with van der Waals surface area (Å²) >= 11 is 0. The van der Waals surface area contributed by atoms with Gasteiger partial charge in [0.25, 0.3) is 0 Å². The first-order chi connectivity index (χ1) is 15.5. The van der Waals surface area contributed by atoms with Crippen LogP contribution in [0.3, 0.4) is 0 Å². The molecule has 7 heteroatoms. The summed E-state index contributed by atoms with van der Waals surface area (Å²) in [5, 5.41) is 2.95. The van der Waals surface area contributed by atoms with Gasteiger partial charge in [0.1, 0.15) is 6.54 Å². The number of hydrogen-bond donors (Lipinski definition) is 1. The maximum absolute atomic E-state index is 13.2. The van der Waals surface area contributed by atoms with E-state index < -0.39 is 0 Å². The van der Waals surface area contributed by atoms with E-state index in [1.165, 1.54) is 0 Å². The lowest BCUT2D eigenvalue weighted by atomic mass is 10.2. The number of aryl methyl sites for hydroxylation is 1. The minimum absolute atomic E-state index is 0.0362. The van der Waals surface area contributed by atoms with Gasteiger partial charge in [-0.2, -0.15) is 0 Å². The van der Waals surface area contributed by atoms with Crippen LogP contribution in [0.4, 0.5) is 4.79 Å². The van der Waals surface area contributed by atoms with Crippen LogP contribution < -0.4 is 5.32 Å². The highest BCUT2D eigenvalue weighted by molar-refractivity contribution is 5.84. The number of unbranched alkanes of at least 4 members (excludes halogenated alkanes) is 1. The SMILES string of the molecule is CCCCN(Cc1cccn1C)C(=O)CN(CCCOCC)C(=O)NCc1ccccc1. The fraction of sp³-hybridized carbons (Fsp3) is 0.520. The van der Waals surface area contributed by atoms with Crippen molar-refractivity contribution in [2.45, 2.75) is 46.2 Å². The topological polar surface area (TPSA) is 66.8 Å². The summed E-state index contributed by atoms with van der Waals surface area (Å²) in [6.07, 6.45) is 4.61. The lowest BCUT2D eigenvalue weighted by molar-refractivity contribution is -0.132. The van der Waals surface area contributed by atoms with Gasteiger partial charge in [-0.1, -0.05) is 43.7 Å². The predicted molar refractivity (Wildman–Crippen MR) is 127 cm³/mol. The van der Waals surface area contributed by atoms with Crippen LogP contribution in [0.2, 0.25) is 0 Å². The average molecular weight is 443 g/mol. The third-order valence-corrected chi connectivity index (χ3v) is 5.36. The van der Waals surface area contributed by atoms with Gasteiger partial charge in [-0.3, -0.25) is 4.79 Å². The normalized spacial score (nSPS) is 10.7. The number of urea groups is 1. The maximum atomic E-state index is 13.2. The third-order valence-electron chi connectivity index (χ3n) is 5.36. The second kappa shape index (κ2) is 14.3. The Balaban J connectivity index is 2.03. The minimum Gasteiger partial charge on any atom is -0.382 e. The molecule has 0 aliphatic heterocycles. The lowest BCUT2D eigenvalue weighted by Crippen LogP contribution is -2.47. The molecule has 0 bridgehead atoms. The van der Waals surface area contributed by atoms with Crippen molar-refractivity contribution in [3.63, 3.8) is 0 Å². The monoisotopic (exact) mass is 442 g/mol. The molecular formula is C25H38N4O3. The van der Waals surface area contributed by atoms with Gasteiger partial charge in [-0.05, 0) is 37.5 Å². The molecule has 176 valence electrons. The zero-order chi connectivity index (χ0) is 23.2. The summed E-state index contributed by atoms with van der Waals surface area (Å²) in [6, 6.07) is 13.6. The first-order valence-corrected chi connectivity index (χ1v) is 11.6. The summed E-state index contributed by atoms with van der Waals surface area (Å²) in [4.78, 5) is 29.6. The molecule has 0 fully saturated rings. The molecule has 0 atom stereocenters. The van der Waals surface area contributed by atoms with E-state index in [4.69, 9.17) is 4.74 Å². The highest BCUT2D eigenvalue weighted by Crippen LogP contribution is 2.09. The number of nitrogens with one attached hydrogen (secondary N) is 1. The summed E-state index contributed by atoms with van der Waals surface area (Å²) in [7, 11) is 1.98. The minimum atomic E-state index is -0.229. The molecule has 1 aromatic carbocycles. The van der Waals surface area contributed by atoms with Crippen molar-refractivity contribution in [1.29, 1.82) is 0 Å². The van der Waals surface area contributed by atoms with Crippen LogP contribution in [0.25, 0.3) is 0 Å². The first kappa shape index (κ1) is 25.5. The van der Waals surface area contributed by atoms with E-state index in [0.717, 1.165) is 24.1 Å². The predicted octanol–water partition coefficient (Wildman–Crippen LogP) is 3.79. The van der Waals surface area contributed by atoms with Crippen molar-refractivity contribution in [2.75, 3.05) is 32.8 Å². The standard InChI is InChI=1S/C25H38N4O3/c1-4-6-16-28(20-23-14-10-15-27(23)3)24(30)21-29(17-11-18-32-5-2)25(31)26-19-22-12-8-7-9-13-22/h7-10,12-15H,4-6,11,16-21H2,1-3H3,(H,26,31). The lowest BCUT2D eigenvalue weighted by Gasteiger charge is -2.28. The van der Waals surface area contributed by atoms with E-state index in [0.29, 0.717) is 45.8 Å². The van der Waals surface area contributed by atoms with Gasteiger partial charge < -0.3 is 24.4 Å². The zero-order valence-electron chi connectivity index (χ0n) is 19.8. The number of amides is 3. The van der Waals surface area contributed by atoms with E-state index in [2.05, 4.69) is 12.2 Å². The molecule has 0 radical (unpaired) electrons. The van der Waals surface area contributed by atoms with Crippen molar-refractivity contribution in [3.8, 4) is 0 Å². The molecule has 2 aromatic rings. The fourth-order valence-corrected chi connectivity index (χ4v) is 3.40. The van der Waals surface area contributed by atoms with Crippen LogP contribution in [-0.4, -0.2) is 59.2 Å². The van der Waals surface area contributed by atoms with Crippen molar-refractivity contribution in [3.05, 3.63) is 59.9 Å².